The number of piperazine rings is 1. The Bertz CT molecular complexity index is 881. The molecule has 2 amide bonds. The van der Waals surface area contributed by atoms with Crippen molar-refractivity contribution in [2.45, 2.75) is 13.3 Å². The first-order valence-electron chi connectivity index (χ1n) is 9.95. The molecule has 0 aliphatic carbocycles. The minimum absolute atomic E-state index is 0.00918. The minimum Gasteiger partial charge on any atom is -0.325 e. The molecule has 2 aromatic carbocycles. The highest BCUT2D eigenvalue weighted by atomic mass is 35.5. The largest absolute Gasteiger partial charge is 0.325 e. The zero-order chi connectivity index (χ0) is 21.5. The van der Waals surface area contributed by atoms with Gasteiger partial charge in [0.1, 0.15) is 0 Å². The standard InChI is InChI=1S/C22H26Cl2N4O2/c1-16-2-5-18(6-3-16)25-22(30)15-28-12-10-27(11-13-28)9-8-21(29)26-20-14-17(23)4-7-19(20)24/h2-7,14H,8-13,15H2,1H3,(H,25,30)(H,26,29). The second-order valence-electron chi connectivity index (χ2n) is 7.45. The van der Waals surface area contributed by atoms with E-state index >= 15 is 0 Å². The van der Waals surface area contributed by atoms with E-state index in [-0.39, 0.29) is 11.8 Å². The number of halogens is 2. The van der Waals surface area contributed by atoms with Crippen molar-refractivity contribution in [2.75, 3.05) is 49.9 Å². The maximum atomic E-state index is 12.2. The quantitative estimate of drug-likeness (QED) is 0.674. The number of aryl methyl sites for hydroxylation is 1. The summed E-state index contributed by atoms with van der Waals surface area (Å²) in [6, 6.07) is 12.8. The molecule has 0 unspecified atom stereocenters. The molecule has 2 aromatic rings. The van der Waals surface area contributed by atoms with Crippen LogP contribution in [-0.4, -0.2) is 60.9 Å². The van der Waals surface area contributed by atoms with Crippen LogP contribution in [-0.2, 0) is 9.59 Å². The molecule has 2 N–H and O–H groups in total. The SMILES string of the molecule is Cc1ccc(NC(=O)CN2CCN(CCC(=O)Nc3cc(Cl)ccc3Cl)CC2)cc1. The number of nitrogens with one attached hydrogen (secondary N) is 2. The van der Waals surface area contributed by atoms with Gasteiger partial charge in [0, 0.05) is 49.9 Å². The fraction of sp³-hybridized carbons (Fsp3) is 0.364. The summed E-state index contributed by atoms with van der Waals surface area (Å²) < 4.78 is 0. The van der Waals surface area contributed by atoms with Crippen LogP contribution in [0.15, 0.2) is 42.5 Å². The van der Waals surface area contributed by atoms with E-state index < -0.39 is 0 Å². The molecule has 6 nitrogen and oxygen atoms in total. The van der Waals surface area contributed by atoms with Crippen molar-refractivity contribution in [3.05, 3.63) is 58.1 Å². The number of nitrogens with zero attached hydrogens (tertiary/aromatic N) is 2. The average molecular weight is 449 g/mol. The summed E-state index contributed by atoms with van der Waals surface area (Å²) in [5, 5.41) is 6.73. The number of amides is 2. The first-order valence-corrected chi connectivity index (χ1v) is 10.7. The molecule has 0 saturated carbocycles. The monoisotopic (exact) mass is 448 g/mol. The first-order chi connectivity index (χ1) is 14.4. The lowest BCUT2D eigenvalue weighted by atomic mass is 10.2. The summed E-state index contributed by atoms with van der Waals surface area (Å²) in [5.41, 5.74) is 2.50. The van der Waals surface area contributed by atoms with Gasteiger partial charge in [-0.2, -0.15) is 0 Å². The third kappa shape index (κ3) is 6.99. The second-order valence-corrected chi connectivity index (χ2v) is 8.30. The highest BCUT2D eigenvalue weighted by molar-refractivity contribution is 6.35. The van der Waals surface area contributed by atoms with Crippen LogP contribution in [0.3, 0.4) is 0 Å². The molecule has 0 bridgehead atoms. The second kappa shape index (κ2) is 10.8. The maximum Gasteiger partial charge on any atom is 0.238 e. The van der Waals surface area contributed by atoms with Crippen molar-refractivity contribution in [1.29, 1.82) is 0 Å². The Morgan fingerprint density at radius 1 is 0.900 bits per heavy atom. The van der Waals surface area contributed by atoms with Gasteiger partial charge >= 0.3 is 0 Å². The Morgan fingerprint density at radius 2 is 1.57 bits per heavy atom. The number of carbonyl (C=O) groups excluding carboxylic acids is 2. The predicted molar refractivity (Wildman–Crippen MR) is 122 cm³/mol. The summed E-state index contributed by atoms with van der Waals surface area (Å²) in [6.45, 7) is 6.28. The topological polar surface area (TPSA) is 64.7 Å². The van der Waals surface area contributed by atoms with Gasteiger partial charge in [0.05, 0.1) is 17.3 Å². The molecule has 1 aliphatic rings. The Hall–Kier alpha value is -2.12. The summed E-state index contributed by atoms with van der Waals surface area (Å²) in [5.74, 6) is -0.107. The molecule has 1 heterocycles. The van der Waals surface area contributed by atoms with Crippen LogP contribution >= 0.6 is 23.2 Å². The van der Waals surface area contributed by atoms with Gasteiger partial charge in [0.2, 0.25) is 11.8 Å². The van der Waals surface area contributed by atoms with Crippen LogP contribution in [0.25, 0.3) is 0 Å². The fourth-order valence-corrected chi connectivity index (χ4v) is 3.61. The minimum atomic E-state index is -0.0981. The van der Waals surface area contributed by atoms with Gasteiger partial charge in [-0.15, -0.1) is 0 Å². The van der Waals surface area contributed by atoms with E-state index in [0.29, 0.717) is 35.2 Å². The van der Waals surface area contributed by atoms with Crippen LogP contribution in [0, 0.1) is 6.92 Å². The molecule has 1 fully saturated rings. The smallest absolute Gasteiger partial charge is 0.238 e. The molecule has 1 saturated heterocycles. The van der Waals surface area contributed by atoms with Crippen LogP contribution in [0.5, 0.6) is 0 Å². The van der Waals surface area contributed by atoms with E-state index in [4.69, 9.17) is 23.2 Å². The van der Waals surface area contributed by atoms with Crippen molar-refractivity contribution in [3.63, 3.8) is 0 Å². The van der Waals surface area contributed by atoms with Gasteiger partial charge in [-0.25, -0.2) is 0 Å². The first kappa shape index (κ1) is 22.6. The van der Waals surface area contributed by atoms with Gasteiger partial charge in [-0.3, -0.25) is 14.5 Å². The van der Waals surface area contributed by atoms with Crippen molar-refractivity contribution >= 4 is 46.4 Å². The third-order valence-electron chi connectivity index (χ3n) is 5.03. The van der Waals surface area contributed by atoms with E-state index in [1.165, 1.54) is 0 Å². The molecule has 8 heteroatoms. The van der Waals surface area contributed by atoms with Crippen molar-refractivity contribution in [2.24, 2.45) is 0 Å². The van der Waals surface area contributed by atoms with E-state index in [1.54, 1.807) is 18.2 Å². The number of carbonyl (C=O) groups is 2. The lowest BCUT2D eigenvalue weighted by Crippen LogP contribution is -2.49. The number of hydrogen-bond donors (Lipinski definition) is 2. The Balaban J connectivity index is 1.36. The molecule has 3 rings (SSSR count). The van der Waals surface area contributed by atoms with Crippen molar-refractivity contribution in [1.82, 2.24) is 9.80 Å². The molecule has 30 heavy (non-hydrogen) atoms. The molecule has 0 aromatic heterocycles. The molecular weight excluding hydrogens is 423 g/mol. The molecule has 0 radical (unpaired) electrons. The number of benzene rings is 2. The Morgan fingerprint density at radius 3 is 2.27 bits per heavy atom. The van der Waals surface area contributed by atoms with E-state index in [0.717, 1.165) is 37.4 Å². The zero-order valence-corrected chi connectivity index (χ0v) is 18.5. The lowest BCUT2D eigenvalue weighted by Gasteiger charge is -2.34. The highest BCUT2D eigenvalue weighted by Crippen LogP contribution is 2.25. The third-order valence-corrected chi connectivity index (χ3v) is 5.59. The van der Waals surface area contributed by atoms with Crippen LogP contribution in [0.4, 0.5) is 11.4 Å². The molecule has 0 atom stereocenters. The van der Waals surface area contributed by atoms with Crippen molar-refractivity contribution < 1.29 is 9.59 Å². The van der Waals surface area contributed by atoms with E-state index in [9.17, 15) is 9.59 Å². The van der Waals surface area contributed by atoms with E-state index in [2.05, 4.69) is 20.4 Å². The van der Waals surface area contributed by atoms with Gasteiger partial charge in [-0.1, -0.05) is 40.9 Å². The maximum absolute atomic E-state index is 12.2. The fourth-order valence-electron chi connectivity index (χ4n) is 3.28. The van der Waals surface area contributed by atoms with Gasteiger partial charge in [0.25, 0.3) is 0 Å². The summed E-state index contributed by atoms with van der Waals surface area (Å²) in [4.78, 5) is 28.8. The zero-order valence-electron chi connectivity index (χ0n) is 17.0. The number of anilines is 2. The summed E-state index contributed by atoms with van der Waals surface area (Å²) in [7, 11) is 0. The molecule has 1 aliphatic heterocycles. The summed E-state index contributed by atoms with van der Waals surface area (Å²) in [6.07, 6.45) is 0.372. The molecular formula is C22H26Cl2N4O2. The van der Waals surface area contributed by atoms with Crippen molar-refractivity contribution in [3.8, 4) is 0 Å². The van der Waals surface area contributed by atoms with Gasteiger partial charge in [-0.05, 0) is 37.3 Å². The Kier molecular flexibility index (Phi) is 8.10. The van der Waals surface area contributed by atoms with E-state index in [1.807, 2.05) is 31.2 Å². The number of hydrogen-bond acceptors (Lipinski definition) is 4. The van der Waals surface area contributed by atoms with Crippen LogP contribution < -0.4 is 10.6 Å². The lowest BCUT2D eigenvalue weighted by molar-refractivity contribution is -0.117. The van der Waals surface area contributed by atoms with Gasteiger partial charge in [0.15, 0.2) is 0 Å². The highest BCUT2D eigenvalue weighted by Gasteiger charge is 2.19. The van der Waals surface area contributed by atoms with Gasteiger partial charge < -0.3 is 15.5 Å². The summed E-state index contributed by atoms with van der Waals surface area (Å²) >= 11 is 12.0. The average Bonchev–Trinajstić information content (AvgIpc) is 2.72. The Labute approximate surface area is 187 Å². The number of rotatable bonds is 7. The molecule has 160 valence electrons. The van der Waals surface area contributed by atoms with Crippen LogP contribution in [0.1, 0.15) is 12.0 Å². The van der Waals surface area contributed by atoms with Crippen LogP contribution in [0.2, 0.25) is 10.0 Å². The normalized spacial score (nSPS) is 15.0. The molecule has 0 spiro atoms. The predicted octanol–water partition coefficient (Wildman–Crippen LogP) is 3.89.